The minimum atomic E-state index is -0.345. The minimum absolute atomic E-state index is 0.0439. The molecule has 0 atom stereocenters. The van der Waals surface area contributed by atoms with Crippen LogP contribution in [-0.2, 0) is 4.79 Å². The van der Waals surface area contributed by atoms with Gasteiger partial charge in [-0.1, -0.05) is 31.2 Å². The van der Waals surface area contributed by atoms with Gasteiger partial charge in [0.1, 0.15) is 12.4 Å². The number of nitrogens with zero attached hydrogens (tertiary/aromatic N) is 1. The monoisotopic (exact) mass is 384 g/mol. The molecular weight excluding hydrogens is 363 g/mol. The summed E-state index contributed by atoms with van der Waals surface area (Å²) < 4.78 is 14.6. The van der Waals surface area contributed by atoms with E-state index in [2.05, 4.69) is 5.32 Å². The molecule has 3 aromatic rings. The molecule has 0 aliphatic rings. The number of para-hydroxylation sites is 1. The van der Waals surface area contributed by atoms with Gasteiger partial charge in [-0.05, 0) is 43.2 Å². The van der Waals surface area contributed by atoms with Crippen molar-refractivity contribution in [1.29, 1.82) is 0 Å². The quantitative estimate of drug-likeness (QED) is 0.661. The Hall–Kier alpha value is -2.73. The van der Waals surface area contributed by atoms with E-state index in [0.29, 0.717) is 16.8 Å². The van der Waals surface area contributed by atoms with E-state index in [-0.39, 0.29) is 24.2 Å². The summed E-state index contributed by atoms with van der Waals surface area (Å²) in [5.41, 5.74) is 1.69. The van der Waals surface area contributed by atoms with Gasteiger partial charge in [-0.3, -0.25) is 9.59 Å². The summed E-state index contributed by atoms with van der Waals surface area (Å²) in [5.74, 6) is -0.849. The molecule has 1 heterocycles. The van der Waals surface area contributed by atoms with Crippen molar-refractivity contribution in [2.75, 3.05) is 18.4 Å². The molecule has 0 saturated carbocycles. The number of nitrogens with one attached hydrogen (secondary N) is 1. The number of carbonyl (C=O) groups excluding carboxylic acids is 2. The smallest absolute Gasteiger partial charge is 0.264 e. The second-order valence-corrected chi connectivity index (χ2v) is 7.44. The maximum Gasteiger partial charge on any atom is 0.264 e. The van der Waals surface area contributed by atoms with Crippen LogP contribution < -0.4 is 5.32 Å². The molecule has 2 amide bonds. The predicted octanol–water partition coefficient (Wildman–Crippen LogP) is 4.84. The van der Waals surface area contributed by atoms with Crippen LogP contribution in [0.5, 0.6) is 0 Å². The molecule has 1 N–H and O–H groups in total. The van der Waals surface area contributed by atoms with Crippen molar-refractivity contribution < 1.29 is 14.0 Å². The van der Waals surface area contributed by atoms with Gasteiger partial charge in [0.2, 0.25) is 5.91 Å². The van der Waals surface area contributed by atoms with Crippen molar-refractivity contribution in [3.05, 3.63) is 64.8 Å². The molecule has 3 rings (SSSR count). The topological polar surface area (TPSA) is 49.4 Å². The fourth-order valence-corrected chi connectivity index (χ4v) is 3.93. The summed E-state index contributed by atoms with van der Waals surface area (Å²) in [4.78, 5) is 27.3. The average Bonchev–Trinajstić information content (AvgIpc) is 3.08. The van der Waals surface area contributed by atoms with E-state index in [0.717, 1.165) is 22.4 Å². The molecule has 0 aliphatic carbocycles. The predicted molar refractivity (Wildman–Crippen MR) is 108 cm³/mol. The Kier molecular flexibility index (Phi) is 5.86. The van der Waals surface area contributed by atoms with Crippen molar-refractivity contribution in [3.8, 4) is 0 Å². The molecule has 140 valence electrons. The summed E-state index contributed by atoms with van der Waals surface area (Å²) in [6.07, 6.45) is 0.725. The van der Waals surface area contributed by atoms with E-state index in [1.165, 1.54) is 22.3 Å². The Morgan fingerprint density at radius 3 is 2.63 bits per heavy atom. The third-order valence-electron chi connectivity index (χ3n) is 4.25. The van der Waals surface area contributed by atoms with Crippen LogP contribution in [0.25, 0.3) is 10.1 Å². The molecular formula is C21H21FN2O2S. The number of hydrogen-bond acceptors (Lipinski definition) is 3. The van der Waals surface area contributed by atoms with Gasteiger partial charge < -0.3 is 10.2 Å². The fourth-order valence-electron chi connectivity index (χ4n) is 2.89. The van der Waals surface area contributed by atoms with E-state index >= 15 is 0 Å². The first-order chi connectivity index (χ1) is 13.0. The SMILES string of the molecule is CCCN(CC(=O)Nc1ccccc1C)C(=O)c1cc2c(F)cccc2s1. The Morgan fingerprint density at radius 1 is 1.15 bits per heavy atom. The first kappa shape index (κ1) is 19.0. The zero-order valence-corrected chi connectivity index (χ0v) is 16.1. The Labute approximate surface area is 161 Å². The summed E-state index contributed by atoms with van der Waals surface area (Å²) in [6, 6.07) is 13.9. The van der Waals surface area contributed by atoms with Gasteiger partial charge in [0, 0.05) is 22.3 Å². The largest absolute Gasteiger partial charge is 0.329 e. The van der Waals surface area contributed by atoms with Crippen LogP contribution in [0.4, 0.5) is 10.1 Å². The molecule has 0 unspecified atom stereocenters. The maximum atomic E-state index is 13.9. The Bertz CT molecular complexity index is 983. The fraction of sp³-hybridized carbons (Fsp3) is 0.238. The van der Waals surface area contributed by atoms with Gasteiger partial charge in [0.25, 0.3) is 5.91 Å². The van der Waals surface area contributed by atoms with Crippen molar-refractivity contribution in [2.24, 2.45) is 0 Å². The van der Waals surface area contributed by atoms with Crippen LogP contribution in [0.1, 0.15) is 28.6 Å². The maximum absolute atomic E-state index is 13.9. The van der Waals surface area contributed by atoms with E-state index in [1.54, 1.807) is 18.2 Å². The average molecular weight is 384 g/mol. The second kappa shape index (κ2) is 8.31. The van der Waals surface area contributed by atoms with Crippen LogP contribution in [-0.4, -0.2) is 29.8 Å². The molecule has 2 aromatic carbocycles. The molecule has 0 aliphatic heterocycles. The molecule has 27 heavy (non-hydrogen) atoms. The first-order valence-corrected chi connectivity index (χ1v) is 9.64. The minimum Gasteiger partial charge on any atom is -0.329 e. The molecule has 1 aromatic heterocycles. The molecule has 6 heteroatoms. The van der Waals surface area contributed by atoms with Crippen LogP contribution >= 0.6 is 11.3 Å². The normalized spacial score (nSPS) is 10.8. The van der Waals surface area contributed by atoms with E-state index in [1.807, 2.05) is 38.1 Å². The van der Waals surface area contributed by atoms with E-state index < -0.39 is 0 Å². The zero-order valence-electron chi connectivity index (χ0n) is 15.3. The highest BCUT2D eigenvalue weighted by atomic mass is 32.1. The van der Waals surface area contributed by atoms with Gasteiger partial charge in [-0.15, -0.1) is 11.3 Å². The lowest BCUT2D eigenvalue weighted by atomic mass is 10.2. The van der Waals surface area contributed by atoms with Crippen molar-refractivity contribution in [1.82, 2.24) is 4.90 Å². The highest BCUT2D eigenvalue weighted by Crippen LogP contribution is 2.28. The number of carbonyl (C=O) groups is 2. The highest BCUT2D eigenvalue weighted by molar-refractivity contribution is 7.20. The summed E-state index contributed by atoms with van der Waals surface area (Å²) in [7, 11) is 0. The molecule has 0 radical (unpaired) electrons. The second-order valence-electron chi connectivity index (χ2n) is 6.35. The number of rotatable bonds is 6. The van der Waals surface area contributed by atoms with Crippen LogP contribution in [0, 0.1) is 12.7 Å². The number of aryl methyl sites for hydroxylation is 1. The number of halogens is 1. The van der Waals surface area contributed by atoms with Gasteiger partial charge >= 0.3 is 0 Å². The van der Waals surface area contributed by atoms with Crippen molar-refractivity contribution in [3.63, 3.8) is 0 Å². The molecule has 4 nitrogen and oxygen atoms in total. The van der Waals surface area contributed by atoms with Crippen LogP contribution in [0.15, 0.2) is 48.5 Å². The number of amides is 2. The molecule has 0 saturated heterocycles. The molecule has 0 spiro atoms. The van der Waals surface area contributed by atoms with E-state index in [4.69, 9.17) is 0 Å². The summed E-state index contributed by atoms with van der Waals surface area (Å²) in [6.45, 7) is 4.27. The molecule has 0 fully saturated rings. The lowest BCUT2D eigenvalue weighted by Crippen LogP contribution is -2.38. The Morgan fingerprint density at radius 2 is 1.93 bits per heavy atom. The highest BCUT2D eigenvalue weighted by Gasteiger charge is 2.21. The van der Waals surface area contributed by atoms with Gasteiger partial charge in [0.15, 0.2) is 0 Å². The number of hydrogen-bond donors (Lipinski definition) is 1. The van der Waals surface area contributed by atoms with Crippen molar-refractivity contribution >= 4 is 38.9 Å². The third-order valence-corrected chi connectivity index (χ3v) is 5.34. The van der Waals surface area contributed by atoms with E-state index in [9.17, 15) is 14.0 Å². The van der Waals surface area contributed by atoms with Crippen LogP contribution in [0.3, 0.4) is 0 Å². The number of anilines is 1. The lowest BCUT2D eigenvalue weighted by molar-refractivity contribution is -0.116. The summed E-state index contributed by atoms with van der Waals surface area (Å²) in [5, 5.41) is 3.29. The molecule has 0 bridgehead atoms. The first-order valence-electron chi connectivity index (χ1n) is 8.82. The number of fused-ring (bicyclic) bond motifs is 1. The van der Waals surface area contributed by atoms with Crippen molar-refractivity contribution in [2.45, 2.75) is 20.3 Å². The van der Waals surface area contributed by atoms with Crippen LogP contribution in [0.2, 0.25) is 0 Å². The standard InChI is InChI=1S/C21H21FN2O2S/c1-3-11-24(13-20(25)23-17-9-5-4-7-14(17)2)21(26)19-12-15-16(22)8-6-10-18(15)27-19/h4-10,12H,3,11,13H2,1-2H3,(H,23,25). The van der Waals surface area contributed by atoms with Gasteiger partial charge in [0.05, 0.1) is 4.88 Å². The lowest BCUT2D eigenvalue weighted by Gasteiger charge is -2.21. The zero-order chi connectivity index (χ0) is 19.4. The summed E-state index contributed by atoms with van der Waals surface area (Å²) >= 11 is 1.24. The number of thiophene rings is 1. The Balaban J connectivity index is 1.77. The third kappa shape index (κ3) is 4.34. The van der Waals surface area contributed by atoms with Gasteiger partial charge in [-0.25, -0.2) is 4.39 Å². The van der Waals surface area contributed by atoms with Gasteiger partial charge in [-0.2, -0.15) is 0 Å². The number of benzene rings is 2.